The number of benzene rings is 1. The molecule has 3 aromatic rings. The predicted molar refractivity (Wildman–Crippen MR) is 94.2 cm³/mol. The van der Waals surface area contributed by atoms with Crippen LogP contribution in [0, 0.1) is 12.3 Å². The summed E-state index contributed by atoms with van der Waals surface area (Å²) in [7, 11) is 1.64. The van der Waals surface area contributed by atoms with Crippen molar-refractivity contribution in [2.75, 3.05) is 17.3 Å². The molecule has 0 spiro atoms. The fraction of sp³-hybridized carbons (Fsp3) is 0.176. The summed E-state index contributed by atoms with van der Waals surface area (Å²) in [5, 5.41) is 14.9. The van der Waals surface area contributed by atoms with Gasteiger partial charge in [0.15, 0.2) is 6.17 Å². The number of furan rings is 1. The number of ether oxygens (including phenoxy) is 1. The molecule has 0 radical (unpaired) electrons. The molecule has 0 saturated heterocycles. The maximum atomic E-state index is 8.64. The Labute approximate surface area is 143 Å². The van der Waals surface area contributed by atoms with Crippen LogP contribution in [0.4, 0.5) is 11.6 Å². The Bertz CT molecular complexity index is 884. The van der Waals surface area contributed by atoms with Crippen LogP contribution in [0.3, 0.4) is 0 Å². The molecule has 4 rings (SSSR count). The third-order valence-electron chi connectivity index (χ3n) is 3.91. The molecule has 6 nitrogen and oxygen atoms in total. The van der Waals surface area contributed by atoms with E-state index < -0.39 is 0 Å². The summed E-state index contributed by atoms with van der Waals surface area (Å²) in [6.45, 7) is 1.96. The molecule has 24 heavy (non-hydrogen) atoms. The summed E-state index contributed by atoms with van der Waals surface area (Å²) < 4.78 is 10.7. The summed E-state index contributed by atoms with van der Waals surface area (Å²) in [6, 6.07) is 9.45. The van der Waals surface area contributed by atoms with Crippen molar-refractivity contribution in [3.8, 4) is 5.75 Å². The van der Waals surface area contributed by atoms with Crippen LogP contribution in [0.2, 0.25) is 0 Å². The fourth-order valence-corrected chi connectivity index (χ4v) is 3.58. The van der Waals surface area contributed by atoms with Crippen LogP contribution in [0.5, 0.6) is 5.75 Å². The first-order chi connectivity index (χ1) is 11.7. The monoisotopic (exact) mass is 340 g/mol. The van der Waals surface area contributed by atoms with E-state index in [9.17, 15) is 0 Å². The van der Waals surface area contributed by atoms with E-state index in [1.165, 1.54) is 0 Å². The molecule has 1 unspecified atom stereocenters. The van der Waals surface area contributed by atoms with E-state index >= 15 is 0 Å². The fourth-order valence-electron chi connectivity index (χ4n) is 2.75. The zero-order valence-corrected chi connectivity index (χ0v) is 14.1. The Kier molecular flexibility index (Phi) is 3.50. The van der Waals surface area contributed by atoms with Gasteiger partial charge in [0, 0.05) is 16.8 Å². The quantitative estimate of drug-likeness (QED) is 0.753. The number of thiazole rings is 1. The summed E-state index contributed by atoms with van der Waals surface area (Å²) in [5.74, 6) is 1.75. The summed E-state index contributed by atoms with van der Waals surface area (Å²) in [5.41, 5.74) is 2.58. The number of methoxy groups -OCH3 is 1. The lowest BCUT2D eigenvalue weighted by molar-refractivity contribution is 0.415. The van der Waals surface area contributed by atoms with Crippen molar-refractivity contribution < 1.29 is 9.15 Å². The molecule has 1 aliphatic rings. The Morgan fingerprint density at radius 3 is 2.75 bits per heavy atom. The average molecular weight is 340 g/mol. The minimum atomic E-state index is -0.289. The molecular weight excluding hydrogens is 324 g/mol. The van der Waals surface area contributed by atoms with Crippen molar-refractivity contribution >= 4 is 28.7 Å². The van der Waals surface area contributed by atoms with Crippen molar-refractivity contribution in [2.45, 2.75) is 13.1 Å². The van der Waals surface area contributed by atoms with Gasteiger partial charge in [0.25, 0.3) is 0 Å². The van der Waals surface area contributed by atoms with Gasteiger partial charge in [-0.3, -0.25) is 10.3 Å². The molecule has 122 valence electrons. The van der Waals surface area contributed by atoms with Crippen molar-refractivity contribution in [3.05, 3.63) is 58.2 Å². The van der Waals surface area contributed by atoms with Gasteiger partial charge in [0.2, 0.25) is 5.88 Å². The number of aryl methyl sites for hydroxylation is 1. The van der Waals surface area contributed by atoms with E-state index in [1.54, 1.807) is 30.8 Å². The van der Waals surface area contributed by atoms with Crippen LogP contribution in [0.15, 0.2) is 46.4 Å². The first-order valence-corrected chi connectivity index (χ1v) is 8.33. The van der Waals surface area contributed by atoms with Crippen molar-refractivity contribution in [2.24, 2.45) is 0 Å². The number of anilines is 2. The van der Waals surface area contributed by atoms with Crippen molar-refractivity contribution in [3.63, 3.8) is 0 Å². The van der Waals surface area contributed by atoms with Crippen LogP contribution < -0.4 is 15.0 Å². The SMILES string of the molecule is COc1ccc(N2C(=N)c3ccoc3NC2c2nc(C)cs2)cc1. The largest absolute Gasteiger partial charge is 0.497 e. The molecule has 0 amide bonds. The lowest BCUT2D eigenvalue weighted by Crippen LogP contribution is -2.42. The lowest BCUT2D eigenvalue weighted by Gasteiger charge is -2.36. The van der Waals surface area contributed by atoms with Gasteiger partial charge in [-0.2, -0.15) is 0 Å². The number of amidine groups is 1. The predicted octanol–water partition coefficient (Wildman–Crippen LogP) is 4.01. The highest BCUT2D eigenvalue weighted by atomic mass is 32.1. The Hall–Kier alpha value is -2.80. The van der Waals surface area contributed by atoms with Crippen LogP contribution in [-0.4, -0.2) is 17.9 Å². The number of nitrogens with one attached hydrogen (secondary N) is 2. The molecule has 7 heteroatoms. The summed E-state index contributed by atoms with van der Waals surface area (Å²) in [6.07, 6.45) is 1.30. The number of rotatable bonds is 3. The maximum Gasteiger partial charge on any atom is 0.205 e. The van der Waals surface area contributed by atoms with Gasteiger partial charge in [0.05, 0.1) is 18.9 Å². The van der Waals surface area contributed by atoms with E-state index in [2.05, 4.69) is 10.3 Å². The molecule has 1 atom stereocenters. The topological polar surface area (TPSA) is 74.4 Å². The second kappa shape index (κ2) is 5.68. The molecule has 2 N–H and O–H groups in total. The average Bonchev–Trinajstić information content (AvgIpc) is 3.24. The third-order valence-corrected chi connectivity index (χ3v) is 4.92. The first-order valence-electron chi connectivity index (χ1n) is 7.45. The number of hydrogen-bond acceptors (Lipinski definition) is 6. The van der Waals surface area contributed by atoms with E-state index in [4.69, 9.17) is 14.6 Å². The Morgan fingerprint density at radius 1 is 1.29 bits per heavy atom. The minimum Gasteiger partial charge on any atom is -0.497 e. The Morgan fingerprint density at radius 2 is 2.08 bits per heavy atom. The molecule has 0 saturated carbocycles. The molecule has 0 fully saturated rings. The van der Waals surface area contributed by atoms with Crippen LogP contribution in [-0.2, 0) is 0 Å². The lowest BCUT2D eigenvalue weighted by atomic mass is 10.1. The highest BCUT2D eigenvalue weighted by Gasteiger charge is 2.35. The molecular formula is C17H16N4O2S. The van der Waals surface area contributed by atoms with E-state index in [0.717, 1.165) is 27.7 Å². The number of hydrogen-bond donors (Lipinski definition) is 2. The molecule has 3 heterocycles. The number of nitrogens with zero attached hydrogens (tertiary/aromatic N) is 2. The van der Waals surface area contributed by atoms with Gasteiger partial charge >= 0.3 is 0 Å². The third kappa shape index (κ3) is 2.33. The van der Waals surface area contributed by atoms with Crippen LogP contribution in [0.1, 0.15) is 22.4 Å². The smallest absolute Gasteiger partial charge is 0.205 e. The van der Waals surface area contributed by atoms with Crippen LogP contribution >= 0.6 is 11.3 Å². The maximum absolute atomic E-state index is 8.64. The van der Waals surface area contributed by atoms with E-state index in [-0.39, 0.29) is 6.17 Å². The first kappa shape index (κ1) is 14.8. The second-order valence-electron chi connectivity index (χ2n) is 5.45. The Balaban J connectivity index is 1.81. The second-order valence-corrected chi connectivity index (χ2v) is 6.34. The standard InChI is InChI=1S/C17H16N4O2S/c1-10-9-24-17(19-10)15-20-16-13(7-8-23-16)14(18)21(15)11-3-5-12(22-2)6-4-11/h3-9,15,18,20H,1-2H3. The van der Waals surface area contributed by atoms with Crippen molar-refractivity contribution in [1.82, 2.24) is 4.98 Å². The van der Waals surface area contributed by atoms with E-state index in [0.29, 0.717) is 11.7 Å². The number of aromatic nitrogens is 1. The molecule has 1 aliphatic heterocycles. The van der Waals surface area contributed by atoms with Gasteiger partial charge in [0.1, 0.15) is 16.6 Å². The van der Waals surface area contributed by atoms with Gasteiger partial charge < -0.3 is 14.5 Å². The molecule has 2 aromatic heterocycles. The minimum absolute atomic E-state index is 0.289. The van der Waals surface area contributed by atoms with Gasteiger partial charge in [-0.25, -0.2) is 4.98 Å². The van der Waals surface area contributed by atoms with Gasteiger partial charge in [-0.15, -0.1) is 11.3 Å². The van der Waals surface area contributed by atoms with Crippen LogP contribution in [0.25, 0.3) is 0 Å². The molecule has 0 aliphatic carbocycles. The highest BCUT2D eigenvalue weighted by molar-refractivity contribution is 7.09. The molecule has 1 aromatic carbocycles. The van der Waals surface area contributed by atoms with Gasteiger partial charge in [-0.05, 0) is 37.3 Å². The summed E-state index contributed by atoms with van der Waals surface area (Å²) >= 11 is 1.56. The van der Waals surface area contributed by atoms with Crippen molar-refractivity contribution in [1.29, 1.82) is 5.41 Å². The van der Waals surface area contributed by atoms with E-state index in [1.807, 2.05) is 41.5 Å². The summed E-state index contributed by atoms with van der Waals surface area (Å²) in [4.78, 5) is 6.50. The zero-order chi connectivity index (χ0) is 16.7. The van der Waals surface area contributed by atoms with Gasteiger partial charge in [-0.1, -0.05) is 0 Å². The molecule has 0 bridgehead atoms. The number of fused-ring (bicyclic) bond motifs is 1. The zero-order valence-electron chi connectivity index (χ0n) is 13.2. The normalized spacial score (nSPS) is 16.7. The highest BCUT2D eigenvalue weighted by Crippen LogP contribution is 2.38.